The van der Waals surface area contributed by atoms with Gasteiger partial charge in [-0.25, -0.2) is 0 Å². The number of carbonyl (C=O) groups is 1. The number of halogens is 2. The molecule has 7 heteroatoms. The molecule has 0 aliphatic rings. The Bertz CT molecular complexity index is 674. The molecule has 102 valence electrons. The van der Waals surface area contributed by atoms with Crippen molar-refractivity contribution in [1.29, 1.82) is 0 Å². The maximum atomic E-state index is 13.2. The predicted octanol–water partition coefficient (Wildman–Crippen LogP) is 3.75. The fourth-order valence-electron chi connectivity index (χ4n) is 1.53. The summed E-state index contributed by atoms with van der Waals surface area (Å²) in [6, 6.07) is 9.81. The van der Waals surface area contributed by atoms with Crippen LogP contribution in [0, 0.1) is 15.9 Å². The third kappa shape index (κ3) is 3.18. The summed E-state index contributed by atoms with van der Waals surface area (Å²) in [5.41, 5.74) is -0.181. The van der Waals surface area contributed by atoms with Gasteiger partial charge in [0.25, 0.3) is 5.91 Å². The Morgan fingerprint density at radius 3 is 2.45 bits per heavy atom. The minimum absolute atomic E-state index is 0.0148. The van der Waals surface area contributed by atoms with Crippen molar-refractivity contribution in [2.45, 2.75) is 0 Å². The van der Waals surface area contributed by atoms with Gasteiger partial charge >= 0.3 is 5.69 Å². The van der Waals surface area contributed by atoms with Crippen LogP contribution in [0.2, 0.25) is 0 Å². The van der Waals surface area contributed by atoms with Crippen molar-refractivity contribution in [1.82, 2.24) is 0 Å². The van der Waals surface area contributed by atoms with Crippen molar-refractivity contribution in [2.75, 3.05) is 5.32 Å². The molecule has 0 unspecified atom stereocenters. The van der Waals surface area contributed by atoms with E-state index in [0.29, 0.717) is 5.69 Å². The zero-order valence-corrected chi connectivity index (χ0v) is 11.6. The summed E-state index contributed by atoms with van der Waals surface area (Å²) in [4.78, 5) is 21.7. The van der Waals surface area contributed by atoms with Crippen LogP contribution < -0.4 is 5.32 Å². The molecule has 0 saturated heterocycles. The Hall–Kier alpha value is -2.28. The van der Waals surface area contributed by atoms with Crippen molar-refractivity contribution in [3.8, 4) is 0 Å². The first kappa shape index (κ1) is 14.1. The topological polar surface area (TPSA) is 72.2 Å². The highest BCUT2D eigenvalue weighted by molar-refractivity contribution is 9.10. The molecule has 0 radical (unpaired) electrons. The molecule has 20 heavy (non-hydrogen) atoms. The zero-order chi connectivity index (χ0) is 14.7. The summed E-state index contributed by atoms with van der Waals surface area (Å²) in [5, 5.41) is 13.2. The monoisotopic (exact) mass is 338 g/mol. The van der Waals surface area contributed by atoms with Crippen LogP contribution in [0.5, 0.6) is 0 Å². The van der Waals surface area contributed by atoms with E-state index in [1.807, 2.05) is 0 Å². The van der Waals surface area contributed by atoms with Gasteiger partial charge in [0.2, 0.25) is 5.82 Å². The number of benzene rings is 2. The second-order valence-corrected chi connectivity index (χ2v) is 4.80. The lowest BCUT2D eigenvalue weighted by Gasteiger charge is -2.05. The van der Waals surface area contributed by atoms with Crippen LogP contribution >= 0.6 is 15.9 Å². The van der Waals surface area contributed by atoms with E-state index in [-0.39, 0.29) is 5.56 Å². The number of rotatable bonds is 3. The average Bonchev–Trinajstić information content (AvgIpc) is 2.41. The van der Waals surface area contributed by atoms with Gasteiger partial charge in [-0.05, 0) is 36.4 Å². The van der Waals surface area contributed by atoms with E-state index in [2.05, 4.69) is 21.2 Å². The van der Waals surface area contributed by atoms with Crippen molar-refractivity contribution in [2.24, 2.45) is 0 Å². The smallest absolute Gasteiger partial charge is 0.305 e. The Morgan fingerprint density at radius 1 is 1.20 bits per heavy atom. The van der Waals surface area contributed by atoms with Gasteiger partial charge in [0, 0.05) is 21.8 Å². The van der Waals surface area contributed by atoms with Crippen LogP contribution in [-0.2, 0) is 0 Å². The molecule has 1 amide bonds. The first-order chi connectivity index (χ1) is 9.47. The number of hydrogen-bond acceptors (Lipinski definition) is 3. The molecule has 0 fully saturated rings. The standard InChI is InChI=1S/C13H8BrFN2O3/c14-9-2-4-10(5-3-9)16-13(18)8-1-6-11(15)12(7-8)17(19)20/h1-7H,(H,16,18). The van der Waals surface area contributed by atoms with E-state index in [9.17, 15) is 19.3 Å². The number of nitro groups is 1. The molecule has 2 aromatic carbocycles. The molecule has 0 aliphatic carbocycles. The molecule has 2 aromatic rings. The molecule has 0 heterocycles. The van der Waals surface area contributed by atoms with Gasteiger partial charge in [0.15, 0.2) is 0 Å². The van der Waals surface area contributed by atoms with Gasteiger partial charge in [0.1, 0.15) is 0 Å². The van der Waals surface area contributed by atoms with Crippen molar-refractivity contribution in [3.05, 3.63) is 68.4 Å². The molecule has 5 nitrogen and oxygen atoms in total. The lowest BCUT2D eigenvalue weighted by molar-refractivity contribution is -0.387. The van der Waals surface area contributed by atoms with Crippen LogP contribution in [0.3, 0.4) is 0 Å². The highest BCUT2D eigenvalue weighted by atomic mass is 79.9. The van der Waals surface area contributed by atoms with Crippen LogP contribution in [0.1, 0.15) is 10.4 Å². The summed E-state index contributed by atoms with van der Waals surface area (Å²) in [6.07, 6.45) is 0. The number of hydrogen-bond donors (Lipinski definition) is 1. The summed E-state index contributed by atoms with van der Waals surface area (Å²) < 4.78 is 14.0. The molecular weight excluding hydrogens is 331 g/mol. The van der Waals surface area contributed by atoms with Crippen LogP contribution in [0.25, 0.3) is 0 Å². The van der Waals surface area contributed by atoms with Gasteiger partial charge in [-0.15, -0.1) is 0 Å². The lowest BCUT2D eigenvalue weighted by Crippen LogP contribution is -2.12. The fourth-order valence-corrected chi connectivity index (χ4v) is 1.79. The molecular formula is C13H8BrFN2O3. The van der Waals surface area contributed by atoms with E-state index in [4.69, 9.17) is 0 Å². The first-order valence-electron chi connectivity index (χ1n) is 5.48. The fraction of sp³-hybridized carbons (Fsp3) is 0. The molecule has 0 aromatic heterocycles. The summed E-state index contributed by atoms with van der Waals surface area (Å²) in [5.74, 6) is -1.52. The summed E-state index contributed by atoms with van der Waals surface area (Å²) in [7, 11) is 0. The number of nitrogens with one attached hydrogen (secondary N) is 1. The number of nitrogens with zero attached hydrogens (tertiary/aromatic N) is 1. The first-order valence-corrected chi connectivity index (χ1v) is 6.27. The highest BCUT2D eigenvalue weighted by Gasteiger charge is 2.17. The van der Waals surface area contributed by atoms with E-state index in [1.165, 1.54) is 6.07 Å². The number of anilines is 1. The molecule has 0 saturated carbocycles. The van der Waals surface area contributed by atoms with Crippen LogP contribution in [0.4, 0.5) is 15.8 Å². The molecule has 1 N–H and O–H groups in total. The second kappa shape index (κ2) is 5.79. The Morgan fingerprint density at radius 2 is 1.85 bits per heavy atom. The van der Waals surface area contributed by atoms with Crippen molar-refractivity contribution < 1.29 is 14.1 Å². The predicted molar refractivity (Wildman–Crippen MR) is 75.1 cm³/mol. The van der Waals surface area contributed by atoms with Gasteiger partial charge in [-0.1, -0.05) is 15.9 Å². The number of nitro benzene ring substituents is 1. The maximum absolute atomic E-state index is 13.2. The van der Waals surface area contributed by atoms with E-state index < -0.39 is 22.3 Å². The van der Waals surface area contributed by atoms with Gasteiger partial charge in [-0.3, -0.25) is 14.9 Å². The molecule has 2 rings (SSSR count). The quantitative estimate of drug-likeness (QED) is 0.684. The Kier molecular flexibility index (Phi) is 4.09. The third-order valence-electron chi connectivity index (χ3n) is 2.51. The van der Waals surface area contributed by atoms with E-state index in [1.54, 1.807) is 24.3 Å². The largest absolute Gasteiger partial charge is 0.322 e. The van der Waals surface area contributed by atoms with Crippen molar-refractivity contribution >= 4 is 33.2 Å². The minimum Gasteiger partial charge on any atom is -0.322 e. The van der Waals surface area contributed by atoms with Crippen LogP contribution in [-0.4, -0.2) is 10.8 Å². The summed E-state index contributed by atoms with van der Waals surface area (Å²) >= 11 is 3.26. The van der Waals surface area contributed by atoms with E-state index in [0.717, 1.165) is 16.6 Å². The number of carbonyl (C=O) groups excluding carboxylic acids is 1. The highest BCUT2D eigenvalue weighted by Crippen LogP contribution is 2.20. The third-order valence-corrected chi connectivity index (χ3v) is 3.04. The Labute approximate surface area is 121 Å². The SMILES string of the molecule is O=C(Nc1ccc(Br)cc1)c1ccc(F)c([N+](=O)[O-])c1. The maximum Gasteiger partial charge on any atom is 0.305 e. The van der Waals surface area contributed by atoms with Crippen molar-refractivity contribution in [3.63, 3.8) is 0 Å². The van der Waals surface area contributed by atoms with Gasteiger partial charge in [-0.2, -0.15) is 4.39 Å². The van der Waals surface area contributed by atoms with Gasteiger partial charge in [0.05, 0.1) is 4.92 Å². The second-order valence-electron chi connectivity index (χ2n) is 3.88. The molecule has 0 bridgehead atoms. The molecule has 0 spiro atoms. The molecule has 0 atom stereocenters. The van der Waals surface area contributed by atoms with Crippen LogP contribution in [0.15, 0.2) is 46.9 Å². The average molecular weight is 339 g/mol. The normalized spacial score (nSPS) is 10.1. The summed E-state index contributed by atoms with van der Waals surface area (Å²) in [6.45, 7) is 0. The van der Waals surface area contributed by atoms with E-state index >= 15 is 0 Å². The van der Waals surface area contributed by atoms with Gasteiger partial charge < -0.3 is 5.32 Å². The Balaban J connectivity index is 2.23. The lowest BCUT2D eigenvalue weighted by atomic mass is 10.1. The molecule has 0 aliphatic heterocycles. The number of amides is 1. The zero-order valence-electron chi connectivity index (χ0n) is 9.97. The minimum atomic E-state index is -0.977.